The van der Waals surface area contributed by atoms with Crippen LogP contribution in [0.25, 0.3) is 10.4 Å². The Bertz CT molecular complexity index is 819. The number of nitrogens with zero attached hydrogens (tertiary/aromatic N) is 5. The molecular formula is C28H44ClN5O2. The van der Waals surface area contributed by atoms with Crippen molar-refractivity contribution in [3.63, 3.8) is 0 Å². The average molecular weight is 518 g/mol. The molecule has 0 bridgehead atoms. The van der Waals surface area contributed by atoms with Gasteiger partial charge in [-0.2, -0.15) is 0 Å². The van der Waals surface area contributed by atoms with E-state index in [1.807, 2.05) is 18.5 Å². The molecule has 0 fully saturated rings. The lowest BCUT2D eigenvalue weighted by molar-refractivity contribution is -0.697. The Morgan fingerprint density at radius 1 is 0.778 bits per heavy atom. The Morgan fingerprint density at radius 2 is 1.42 bits per heavy atom. The molecule has 36 heavy (non-hydrogen) atoms. The summed E-state index contributed by atoms with van der Waals surface area (Å²) in [6.45, 7) is 4.92. The zero-order valence-electron chi connectivity index (χ0n) is 21.8. The first-order chi connectivity index (χ1) is 17.4. The van der Waals surface area contributed by atoms with Gasteiger partial charge in [-0.3, -0.25) is 4.98 Å². The SMILES string of the molecule is [Cl-].[N-]=[N+]=NCCCCOCCCc1ccc[n+](CCCCCCCCOCCCc2cccnc2)c1. The minimum atomic E-state index is 0. The van der Waals surface area contributed by atoms with Crippen LogP contribution in [0.4, 0.5) is 0 Å². The van der Waals surface area contributed by atoms with E-state index in [1.165, 1.54) is 49.7 Å². The standard InChI is InChI=1S/C28H44N5O2.ClH/c29-32-31-18-5-8-22-35-24-12-16-28-14-10-20-33(26-28)19-6-3-1-2-4-7-21-34-23-11-15-27-13-9-17-30-25-27;/h9-10,13-14,17,20,25-26H,1-8,11-12,15-16,18-19,21-24H2;1H/q+1;/p-1. The fourth-order valence-electron chi connectivity index (χ4n) is 4.01. The van der Waals surface area contributed by atoms with Crippen LogP contribution in [0.1, 0.15) is 75.3 Å². The van der Waals surface area contributed by atoms with Crippen LogP contribution in [0, 0.1) is 0 Å². The van der Waals surface area contributed by atoms with Crippen molar-refractivity contribution in [2.24, 2.45) is 5.11 Å². The minimum Gasteiger partial charge on any atom is -1.00 e. The van der Waals surface area contributed by atoms with Crippen LogP contribution in [0.2, 0.25) is 0 Å². The van der Waals surface area contributed by atoms with Gasteiger partial charge in [0, 0.05) is 68.3 Å². The lowest BCUT2D eigenvalue weighted by atomic mass is 10.1. The number of ether oxygens (including phenoxy) is 2. The van der Waals surface area contributed by atoms with Crippen LogP contribution in [0.3, 0.4) is 0 Å². The summed E-state index contributed by atoms with van der Waals surface area (Å²) in [5, 5.41) is 3.53. The highest BCUT2D eigenvalue weighted by atomic mass is 35.5. The number of unbranched alkanes of at least 4 members (excludes halogenated alkanes) is 6. The molecule has 0 saturated carbocycles. The first-order valence-electron chi connectivity index (χ1n) is 13.4. The molecule has 0 radical (unpaired) electrons. The van der Waals surface area contributed by atoms with Crippen LogP contribution < -0.4 is 17.0 Å². The van der Waals surface area contributed by atoms with E-state index in [1.54, 1.807) is 0 Å². The summed E-state index contributed by atoms with van der Waals surface area (Å²) in [5.41, 5.74) is 10.9. The number of pyridine rings is 2. The monoisotopic (exact) mass is 517 g/mol. The second-order valence-corrected chi connectivity index (χ2v) is 9.03. The number of aryl methyl sites for hydroxylation is 3. The summed E-state index contributed by atoms with van der Waals surface area (Å²) < 4.78 is 13.8. The third-order valence-corrected chi connectivity index (χ3v) is 5.97. The Morgan fingerprint density at radius 3 is 2.14 bits per heavy atom. The smallest absolute Gasteiger partial charge is 0.171 e. The fraction of sp³-hybridized carbons (Fsp3) is 0.643. The van der Waals surface area contributed by atoms with Crippen molar-refractivity contribution in [2.45, 2.75) is 83.6 Å². The van der Waals surface area contributed by atoms with Crippen LogP contribution in [-0.4, -0.2) is 38.0 Å². The largest absolute Gasteiger partial charge is 1.00 e. The third-order valence-electron chi connectivity index (χ3n) is 5.97. The molecule has 2 heterocycles. The highest BCUT2D eigenvalue weighted by Gasteiger charge is 2.03. The molecule has 2 rings (SSSR count). The molecule has 200 valence electrons. The quantitative estimate of drug-likeness (QED) is 0.0788. The predicted molar refractivity (Wildman–Crippen MR) is 140 cm³/mol. The fourth-order valence-corrected chi connectivity index (χ4v) is 4.01. The van der Waals surface area contributed by atoms with E-state index in [2.05, 4.69) is 50.2 Å². The summed E-state index contributed by atoms with van der Waals surface area (Å²) in [4.78, 5) is 6.90. The van der Waals surface area contributed by atoms with Gasteiger partial charge in [0.05, 0.1) is 0 Å². The lowest BCUT2D eigenvalue weighted by Gasteiger charge is -2.05. The predicted octanol–water partition coefficient (Wildman–Crippen LogP) is 3.40. The van der Waals surface area contributed by atoms with Crippen molar-refractivity contribution in [3.05, 3.63) is 70.6 Å². The van der Waals surface area contributed by atoms with Crippen molar-refractivity contribution in [2.75, 3.05) is 33.0 Å². The second-order valence-electron chi connectivity index (χ2n) is 9.03. The topological polar surface area (TPSA) is 84.0 Å². The number of azide groups is 1. The summed E-state index contributed by atoms with van der Waals surface area (Å²) in [5.74, 6) is 0. The molecule has 0 aliphatic heterocycles. The first-order valence-corrected chi connectivity index (χ1v) is 13.4. The number of hydrogen-bond donors (Lipinski definition) is 0. The van der Waals surface area contributed by atoms with E-state index in [0.29, 0.717) is 6.54 Å². The van der Waals surface area contributed by atoms with E-state index in [0.717, 1.165) is 71.5 Å². The van der Waals surface area contributed by atoms with Crippen molar-refractivity contribution >= 4 is 0 Å². The molecule has 0 atom stereocenters. The van der Waals surface area contributed by atoms with Crippen LogP contribution in [-0.2, 0) is 28.9 Å². The molecule has 0 spiro atoms. The number of halogens is 1. The summed E-state index contributed by atoms with van der Waals surface area (Å²) in [6, 6.07) is 8.48. The maximum Gasteiger partial charge on any atom is 0.171 e. The first kappa shape index (κ1) is 31.8. The molecule has 0 aliphatic carbocycles. The molecule has 0 amide bonds. The minimum absolute atomic E-state index is 0. The molecule has 8 heteroatoms. The normalized spacial score (nSPS) is 10.6. The summed E-state index contributed by atoms with van der Waals surface area (Å²) >= 11 is 0. The van der Waals surface area contributed by atoms with Gasteiger partial charge in [-0.25, -0.2) is 4.57 Å². The zero-order chi connectivity index (χ0) is 24.7. The Labute approximate surface area is 223 Å². The van der Waals surface area contributed by atoms with Gasteiger partial charge in [-0.05, 0) is 74.6 Å². The maximum atomic E-state index is 8.24. The molecule has 0 saturated heterocycles. The van der Waals surface area contributed by atoms with Gasteiger partial charge in [0.2, 0.25) is 0 Å². The molecule has 2 aromatic rings. The van der Waals surface area contributed by atoms with Gasteiger partial charge in [0.1, 0.15) is 6.54 Å². The second kappa shape index (κ2) is 23.2. The molecular weight excluding hydrogens is 474 g/mol. The van der Waals surface area contributed by atoms with Gasteiger partial charge in [-0.15, -0.1) is 0 Å². The van der Waals surface area contributed by atoms with Crippen LogP contribution in [0.15, 0.2) is 54.2 Å². The van der Waals surface area contributed by atoms with Gasteiger partial charge in [0.15, 0.2) is 12.4 Å². The molecule has 0 aromatic carbocycles. The third kappa shape index (κ3) is 17.3. The Balaban J connectivity index is 0.00000648. The number of hydrogen-bond acceptors (Lipinski definition) is 4. The molecule has 0 aliphatic rings. The van der Waals surface area contributed by atoms with E-state index in [9.17, 15) is 0 Å². The highest BCUT2D eigenvalue weighted by molar-refractivity contribution is 5.08. The maximum absolute atomic E-state index is 8.24. The average Bonchev–Trinajstić information content (AvgIpc) is 2.89. The van der Waals surface area contributed by atoms with E-state index in [-0.39, 0.29) is 12.4 Å². The zero-order valence-corrected chi connectivity index (χ0v) is 22.5. The Hall–Kier alpha value is -2.18. The van der Waals surface area contributed by atoms with E-state index >= 15 is 0 Å². The highest BCUT2D eigenvalue weighted by Crippen LogP contribution is 2.07. The van der Waals surface area contributed by atoms with Gasteiger partial charge in [-0.1, -0.05) is 30.4 Å². The van der Waals surface area contributed by atoms with Crippen molar-refractivity contribution in [1.29, 1.82) is 0 Å². The number of rotatable bonds is 22. The van der Waals surface area contributed by atoms with Crippen molar-refractivity contribution < 1.29 is 26.4 Å². The molecule has 7 nitrogen and oxygen atoms in total. The summed E-state index contributed by atoms with van der Waals surface area (Å²) in [6.07, 6.45) is 21.8. The Kier molecular flexibility index (Phi) is 20.6. The lowest BCUT2D eigenvalue weighted by Crippen LogP contribution is -3.00. The van der Waals surface area contributed by atoms with Crippen LogP contribution >= 0.6 is 0 Å². The number of aromatic nitrogens is 2. The van der Waals surface area contributed by atoms with E-state index in [4.69, 9.17) is 15.0 Å². The van der Waals surface area contributed by atoms with Gasteiger partial charge in [0.25, 0.3) is 0 Å². The van der Waals surface area contributed by atoms with E-state index < -0.39 is 0 Å². The molecule has 0 N–H and O–H groups in total. The van der Waals surface area contributed by atoms with Crippen molar-refractivity contribution in [3.8, 4) is 0 Å². The molecule has 0 unspecified atom stereocenters. The molecule has 2 aromatic heterocycles. The van der Waals surface area contributed by atoms with Gasteiger partial charge >= 0.3 is 0 Å². The summed E-state index contributed by atoms with van der Waals surface area (Å²) in [7, 11) is 0. The van der Waals surface area contributed by atoms with Gasteiger partial charge < -0.3 is 21.9 Å². The van der Waals surface area contributed by atoms with Crippen molar-refractivity contribution in [1.82, 2.24) is 4.98 Å². The van der Waals surface area contributed by atoms with Crippen LogP contribution in [0.5, 0.6) is 0 Å².